The van der Waals surface area contributed by atoms with E-state index >= 15 is 0 Å². The van der Waals surface area contributed by atoms with E-state index in [1.165, 1.54) is 0 Å². The average molecular weight is 734 g/mol. The van der Waals surface area contributed by atoms with E-state index in [0.29, 0.717) is 17.5 Å². The molecular formula is C43H40ClN9O. The van der Waals surface area contributed by atoms with E-state index in [4.69, 9.17) is 37.3 Å². The van der Waals surface area contributed by atoms with Crippen LogP contribution in [0.25, 0.3) is 33.0 Å². The van der Waals surface area contributed by atoms with Crippen LogP contribution in [-0.2, 0) is 25.0 Å². The largest absolute Gasteiger partial charge is 0.497 e. The number of ether oxygens (including phenoxy) is 1. The molecule has 0 radical (unpaired) electrons. The van der Waals surface area contributed by atoms with E-state index in [2.05, 4.69) is 112 Å². The van der Waals surface area contributed by atoms with E-state index in [9.17, 15) is 0 Å². The average Bonchev–Trinajstić information content (AvgIpc) is 3.82. The number of imidazole rings is 1. The SMILES string of the molecule is CCCCc1nc(Cl)c(CN=[N+]=[N-])n1Cc1ccc(-c2ccccc2-c2nnn(C(c3ccccc3)(c3ccc(C)cc3)c3ccc(OC)cc3)n2)cc1. The second-order valence-electron chi connectivity index (χ2n) is 13.2. The van der Waals surface area contributed by atoms with Crippen LogP contribution >= 0.6 is 11.6 Å². The molecule has 1 unspecified atom stereocenters. The van der Waals surface area contributed by atoms with Crippen LogP contribution in [0, 0.1) is 6.92 Å². The maximum atomic E-state index is 8.98. The van der Waals surface area contributed by atoms with E-state index in [1.807, 2.05) is 48.5 Å². The van der Waals surface area contributed by atoms with Crippen LogP contribution in [0.2, 0.25) is 5.15 Å². The molecule has 270 valence electrons. The molecule has 54 heavy (non-hydrogen) atoms. The molecule has 0 aliphatic rings. The number of tetrazole rings is 1. The maximum Gasteiger partial charge on any atom is 0.205 e. The van der Waals surface area contributed by atoms with Crippen LogP contribution in [-0.4, -0.2) is 36.9 Å². The second-order valence-corrected chi connectivity index (χ2v) is 13.5. The quantitative estimate of drug-likeness (QED) is 0.0477. The third-order valence-corrected chi connectivity index (χ3v) is 10.1. The van der Waals surface area contributed by atoms with Crippen molar-refractivity contribution in [3.05, 3.63) is 182 Å². The Bertz CT molecular complexity index is 2380. The van der Waals surface area contributed by atoms with Crippen LogP contribution < -0.4 is 4.74 Å². The minimum Gasteiger partial charge on any atom is -0.497 e. The number of nitrogens with zero attached hydrogens (tertiary/aromatic N) is 9. The maximum absolute atomic E-state index is 8.98. The van der Waals surface area contributed by atoms with Crippen molar-refractivity contribution < 1.29 is 4.74 Å². The highest BCUT2D eigenvalue weighted by atomic mass is 35.5. The fourth-order valence-electron chi connectivity index (χ4n) is 6.99. The third-order valence-electron chi connectivity index (χ3n) is 9.80. The standard InChI is InChI=1S/C43H40ClN9O/c1-4-5-15-40-47-41(44)39(28-46-50-45)52(40)29-31-18-20-32(21-19-31)37-13-9-10-14-38(37)42-48-51-53(49-42)43(33-11-7-6-8-12-33,34-22-16-30(2)17-23-34)35-24-26-36(54-3)27-25-35/h6-14,16-27H,4-5,15,28-29H2,1-3H3. The number of hydrogen-bond donors (Lipinski definition) is 0. The van der Waals surface area contributed by atoms with Gasteiger partial charge in [0.15, 0.2) is 10.7 Å². The number of rotatable bonds is 14. The van der Waals surface area contributed by atoms with Gasteiger partial charge in [-0.1, -0.05) is 151 Å². The topological polar surface area (TPSA) is 119 Å². The van der Waals surface area contributed by atoms with Crippen molar-refractivity contribution in [2.75, 3.05) is 7.11 Å². The zero-order valence-electron chi connectivity index (χ0n) is 30.5. The predicted molar refractivity (Wildman–Crippen MR) is 212 cm³/mol. The molecule has 0 amide bonds. The molecule has 0 saturated heterocycles. The lowest BCUT2D eigenvalue weighted by molar-refractivity contribution is 0.392. The monoisotopic (exact) mass is 733 g/mol. The number of benzene rings is 5. The molecule has 0 aliphatic heterocycles. The fraction of sp³-hybridized carbons (Fsp3) is 0.209. The van der Waals surface area contributed by atoms with Crippen LogP contribution in [0.4, 0.5) is 0 Å². The van der Waals surface area contributed by atoms with Gasteiger partial charge in [-0.05, 0) is 69.6 Å². The van der Waals surface area contributed by atoms with E-state index < -0.39 is 5.54 Å². The predicted octanol–water partition coefficient (Wildman–Crippen LogP) is 10.2. The first kappa shape index (κ1) is 36.2. The van der Waals surface area contributed by atoms with Gasteiger partial charge in [-0.15, -0.1) is 15.0 Å². The number of unbranched alkanes of at least 4 members (excludes halogenated alkanes) is 1. The summed E-state index contributed by atoms with van der Waals surface area (Å²) >= 11 is 6.53. The van der Waals surface area contributed by atoms with Gasteiger partial charge >= 0.3 is 0 Å². The highest BCUT2D eigenvalue weighted by Crippen LogP contribution is 2.41. The van der Waals surface area contributed by atoms with Crippen molar-refractivity contribution in [3.8, 4) is 28.3 Å². The van der Waals surface area contributed by atoms with Gasteiger partial charge in [-0.3, -0.25) is 0 Å². The Kier molecular flexibility index (Phi) is 10.8. The van der Waals surface area contributed by atoms with E-state index in [0.717, 1.165) is 81.0 Å². The van der Waals surface area contributed by atoms with Crippen LogP contribution in [0.15, 0.2) is 133 Å². The molecule has 10 nitrogen and oxygen atoms in total. The molecule has 0 N–H and O–H groups in total. The molecule has 0 bridgehead atoms. The normalized spacial score (nSPS) is 12.2. The number of azide groups is 1. The Morgan fingerprint density at radius 2 is 1.46 bits per heavy atom. The number of aryl methyl sites for hydroxylation is 2. The van der Waals surface area contributed by atoms with Gasteiger partial charge in [0.25, 0.3) is 0 Å². The first-order valence-corrected chi connectivity index (χ1v) is 18.3. The Morgan fingerprint density at radius 1 is 0.815 bits per heavy atom. The molecule has 0 fully saturated rings. The summed E-state index contributed by atoms with van der Waals surface area (Å²) in [6.07, 6.45) is 2.81. The lowest BCUT2D eigenvalue weighted by Crippen LogP contribution is -2.39. The summed E-state index contributed by atoms with van der Waals surface area (Å²) < 4.78 is 7.61. The Balaban J connectivity index is 1.29. The summed E-state index contributed by atoms with van der Waals surface area (Å²) in [4.78, 5) is 9.30. The van der Waals surface area contributed by atoms with Crippen molar-refractivity contribution in [3.63, 3.8) is 0 Å². The Labute approximate surface area is 319 Å². The summed E-state index contributed by atoms with van der Waals surface area (Å²) in [6, 6.07) is 43.4. The molecule has 2 aromatic heterocycles. The van der Waals surface area contributed by atoms with Gasteiger partial charge in [0.05, 0.1) is 19.3 Å². The molecule has 11 heteroatoms. The van der Waals surface area contributed by atoms with Crippen molar-refractivity contribution >= 4 is 11.6 Å². The second kappa shape index (κ2) is 16.2. The lowest BCUT2D eigenvalue weighted by Gasteiger charge is -2.34. The van der Waals surface area contributed by atoms with Crippen molar-refractivity contribution in [2.24, 2.45) is 5.11 Å². The van der Waals surface area contributed by atoms with E-state index in [-0.39, 0.29) is 6.54 Å². The van der Waals surface area contributed by atoms with Gasteiger partial charge in [0.1, 0.15) is 11.6 Å². The zero-order chi connectivity index (χ0) is 37.5. The van der Waals surface area contributed by atoms with Gasteiger partial charge in [-0.2, -0.15) is 0 Å². The van der Waals surface area contributed by atoms with E-state index in [1.54, 1.807) is 11.9 Å². The smallest absolute Gasteiger partial charge is 0.205 e. The van der Waals surface area contributed by atoms with Gasteiger partial charge < -0.3 is 9.30 Å². The minimum atomic E-state index is -0.938. The Morgan fingerprint density at radius 3 is 2.13 bits per heavy atom. The number of hydrogen-bond acceptors (Lipinski definition) is 6. The number of methoxy groups -OCH3 is 1. The summed E-state index contributed by atoms with van der Waals surface area (Å²) in [6.45, 7) is 4.92. The molecular weight excluding hydrogens is 694 g/mol. The molecule has 0 aliphatic carbocycles. The summed E-state index contributed by atoms with van der Waals surface area (Å²) in [7, 11) is 1.67. The molecule has 5 aromatic carbocycles. The summed E-state index contributed by atoms with van der Waals surface area (Å²) in [5.41, 5.74) is 16.8. The zero-order valence-corrected chi connectivity index (χ0v) is 31.2. The van der Waals surface area contributed by atoms with Crippen LogP contribution in [0.5, 0.6) is 5.75 Å². The first-order chi connectivity index (χ1) is 26.5. The molecule has 2 heterocycles. The molecule has 7 aromatic rings. The summed E-state index contributed by atoms with van der Waals surface area (Å²) in [5.74, 6) is 2.16. The molecule has 7 rings (SSSR count). The van der Waals surface area contributed by atoms with Gasteiger partial charge in [-0.25, -0.2) is 4.98 Å². The molecule has 0 spiro atoms. The van der Waals surface area contributed by atoms with Crippen LogP contribution in [0.1, 0.15) is 59.1 Å². The van der Waals surface area contributed by atoms with Crippen molar-refractivity contribution in [1.29, 1.82) is 0 Å². The van der Waals surface area contributed by atoms with Gasteiger partial charge in [0, 0.05) is 23.4 Å². The summed E-state index contributed by atoms with van der Waals surface area (Å²) in [5, 5.41) is 18.9. The molecule has 1 atom stereocenters. The molecule has 0 saturated carbocycles. The third kappa shape index (κ3) is 7.09. The number of aromatic nitrogens is 6. The fourth-order valence-corrected chi connectivity index (χ4v) is 7.25. The Hall–Kier alpha value is -6.22. The first-order valence-electron chi connectivity index (χ1n) is 18.0. The van der Waals surface area contributed by atoms with Crippen LogP contribution in [0.3, 0.4) is 0 Å². The lowest BCUT2D eigenvalue weighted by atomic mass is 9.77. The highest BCUT2D eigenvalue weighted by Gasteiger charge is 2.41. The van der Waals surface area contributed by atoms with Gasteiger partial charge in [0.2, 0.25) is 5.82 Å². The minimum absolute atomic E-state index is 0.140. The van der Waals surface area contributed by atoms with Crippen molar-refractivity contribution in [2.45, 2.75) is 51.7 Å². The highest BCUT2D eigenvalue weighted by molar-refractivity contribution is 6.30. The van der Waals surface area contributed by atoms with Crippen molar-refractivity contribution in [1.82, 2.24) is 29.8 Å². The number of halogens is 1.